The summed E-state index contributed by atoms with van der Waals surface area (Å²) < 4.78 is 44.2. The Morgan fingerprint density at radius 2 is 1.08 bits per heavy atom. The van der Waals surface area contributed by atoms with Crippen molar-refractivity contribution in [3.8, 4) is 0 Å². The topological polar surface area (TPSA) is 84.8 Å². The van der Waals surface area contributed by atoms with Gasteiger partial charge in [-0.2, -0.15) is 0 Å². The molecule has 0 rings (SSSR count). The van der Waals surface area contributed by atoms with E-state index >= 15 is 0 Å². The van der Waals surface area contributed by atoms with E-state index in [9.17, 15) is 5.11 Å². The number of aliphatic hydroxyl groups is 1. The van der Waals surface area contributed by atoms with Gasteiger partial charge in [0.05, 0.1) is 52.9 Å². The van der Waals surface area contributed by atoms with Crippen LogP contribution in [-0.4, -0.2) is 99.2 Å². The van der Waals surface area contributed by atoms with Crippen molar-refractivity contribution < 1.29 is 38.3 Å². The summed E-state index contributed by atoms with van der Waals surface area (Å²) in [5.74, 6) is 0. The minimum Gasteiger partial charge on any atom is -0.390 e. The van der Waals surface area contributed by atoms with E-state index in [0.717, 1.165) is 77.0 Å². The molecular weight excluding hydrogens is 632 g/mol. The average molecular weight is 719 g/mol. The Morgan fingerprint density at radius 1 is 0.580 bits per heavy atom. The molecule has 0 aliphatic heterocycles. The number of methoxy groups -OCH3 is 3. The van der Waals surface area contributed by atoms with E-state index in [1.54, 1.807) is 21.3 Å². The van der Waals surface area contributed by atoms with Gasteiger partial charge in [-0.3, -0.25) is 0 Å². The Balaban J connectivity index is 6.82. The van der Waals surface area contributed by atoms with Crippen LogP contribution in [0.5, 0.6) is 0 Å². The molecule has 0 aromatic carbocycles. The summed E-state index contributed by atoms with van der Waals surface area (Å²) in [7, 11) is 5.37. The third-order valence-electron chi connectivity index (χ3n) is 10.7. The van der Waals surface area contributed by atoms with Gasteiger partial charge in [-0.25, -0.2) is 0 Å². The van der Waals surface area contributed by atoms with Crippen molar-refractivity contribution in [1.82, 2.24) is 0 Å². The van der Waals surface area contributed by atoms with Gasteiger partial charge in [0.2, 0.25) is 0 Å². The number of hydrogen-bond donors (Lipinski definition) is 1. The Morgan fingerprint density at radius 3 is 1.46 bits per heavy atom. The Hall–Kier alpha value is -0.320. The molecule has 0 aliphatic carbocycles. The molecule has 5 atom stereocenters. The average Bonchev–Trinajstić information content (AvgIpc) is 3.00. The first kappa shape index (κ1) is 49.7. The standard InChI is InChI=1S/C42H86O8/c1-17-23-41(13,50-29-25-40(12,20-4)46-16)33-42(30-34(5)47-28-24-37(6,7)43,31-38(8,9)48-26-21-35(18-2)44-14)32-39(10,11)49-27-22-36(19-3)45-15/h34-36,43H,17-33H2,1-16H3. The molecule has 0 aliphatic rings. The van der Waals surface area contributed by atoms with Crippen molar-refractivity contribution in [1.29, 1.82) is 0 Å². The van der Waals surface area contributed by atoms with Crippen molar-refractivity contribution in [2.75, 3.05) is 47.8 Å². The summed E-state index contributed by atoms with van der Waals surface area (Å²) in [6.07, 6.45) is 11.6. The summed E-state index contributed by atoms with van der Waals surface area (Å²) >= 11 is 0. The molecule has 0 aromatic heterocycles. The predicted octanol–water partition coefficient (Wildman–Crippen LogP) is 10.1. The second-order valence-corrected chi connectivity index (χ2v) is 17.6. The predicted molar refractivity (Wildman–Crippen MR) is 208 cm³/mol. The van der Waals surface area contributed by atoms with Crippen LogP contribution in [0.1, 0.15) is 173 Å². The molecule has 8 nitrogen and oxygen atoms in total. The van der Waals surface area contributed by atoms with E-state index in [-0.39, 0.29) is 34.9 Å². The highest BCUT2D eigenvalue weighted by atomic mass is 16.5. The van der Waals surface area contributed by atoms with Gasteiger partial charge in [0.15, 0.2) is 0 Å². The molecule has 0 spiro atoms. The van der Waals surface area contributed by atoms with E-state index in [1.807, 2.05) is 13.8 Å². The molecule has 0 bridgehead atoms. The molecule has 0 heterocycles. The molecule has 50 heavy (non-hydrogen) atoms. The summed E-state index contributed by atoms with van der Waals surface area (Å²) in [5, 5.41) is 10.4. The monoisotopic (exact) mass is 719 g/mol. The fourth-order valence-corrected chi connectivity index (χ4v) is 7.87. The largest absolute Gasteiger partial charge is 0.390 e. The maximum absolute atomic E-state index is 10.4. The van der Waals surface area contributed by atoms with Crippen molar-refractivity contribution in [2.45, 2.75) is 220 Å². The second-order valence-electron chi connectivity index (χ2n) is 17.6. The third kappa shape index (κ3) is 21.4. The molecule has 0 saturated heterocycles. The summed E-state index contributed by atoms with van der Waals surface area (Å²) in [4.78, 5) is 0. The van der Waals surface area contributed by atoms with E-state index < -0.39 is 16.8 Å². The van der Waals surface area contributed by atoms with Gasteiger partial charge in [0, 0.05) is 41.2 Å². The smallest absolute Gasteiger partial charge is 0.0670 e. The lowest BCUT2D eigenvalue weighted by Crippen LogP contribution is -2.47. The lowest BCUT2D eigenvalue weighted by Gasteiger charge is -2.49. The van der Waals surface area contributed by atoms with Crippen LogP contribution in [0, 0.1) is 5.41 Å². The van der Waals surface area contributed by atoms with Crippen LogP contribution in [0.25, 0.3) is 0 Å². The first-order valence-electron chi connectivity index (χ1n) is 20.0. The molecule has 0 fully saturated rings. The van der Waals surface area contributed by atoms with E-state index in [4.69, 9.17) is 33.2 Å². The number of ether oxygens (including phenoxy) is 7. The molecule has 0 radical (unpaired) electrons. The van der Waals surface area contributed by atoms with Gasteiger partial charge in [-0.15, -0.1) is 0 Å². The molecule has 1 N–H and O–H groups in total. The van der Waals surface area contributed by atoms with E-state index in [0.29, 0.717) is 32.8 Å². The Bertz CT molecular complexity index is 809. The van der Waals surface area contributed by atoms with Crippen LogP contribution in [0.15, 0.2) is 0 Å². The van der Waals surface area contributed by atoms with Crippen molar-refractivity contribution in [3.05, 3.63) is 0 Å². The summed E-state index contributed by atoms with van der Waals surface area (Å²) in [5.41, 5.74) is -2.44. The third-order valence-corrected chi connectivity index (χ3v) is 10.7. The highest BCUT2D eigenvalue weighted by molar-refractivity contribution is 4.98. The van der Waals surface area contributed by atoms with Crippen LogP contribution in [0.3, 0.4) is 0 Å². The van der Waals surface area contributed by atoms with E-state index in [1.165, 1.54) is 0 Å². The zero-order valence-electron chi connectivity index (χ0n) is 36.1. The van der Waals surface area contributed by atoms with Crippen molar-refractivity contribution in [3.63, 3.8) is 0 Å². The van der Waals surface area contributed by atoms with E-state index in [2.05, 4.69) is 76.2 Å². The van der Waals surface area contributed by atoms with Crippen LogP contribution < -0.4 is 0 Å². The van der Waals surface area contributed by atoms with Gasteiger partial charge in [-0.05, 0) is 145 Å². The molecule has 5 unspecified atom stereocenters. The highest BCUT2D eigenvalue weighted by Gasteiger charge is 2.47. The lowest BCUT2D eigenvalue weighted by molar-refractivity contribution is -0.144. The van der Waals surface area contributed by atoms with Gasteiger partial charge in [0.1, 0.15) is 0 Å². The zero-order chi connectivity index (χ0) is 38.7. The van der Waals surface area contributed by atoms with Gasteiger partial charge in [-0.1, -0.05) is 34.1 Å². The minimum absolute atomic E-state index is 0.0392. The SMILES string of the molecule is CCCC(C)(CC(CC(C)OCCC(C)(C)O)(CC(C)(C)OCCC(CC)OC)CC(C)(C)OCCC(CC)OC)OCCC(C)(CC)OC. The highest BCUT2D eigenvalue weighted by Crippen LogP contribution is 2.50. The van der Waals surface area contributed by atoms with Crippen LogP contribution in [0.4, 0.5) is 0 Å². The zero-order valence-corrected chi connectivity index (χ0v) is 36.1. The lowest BCUT2D eigenvalue weighted by atomic mass is 9.63. The van der Waals surface area contributed by atoms with Gasteiger partial charge in [0.25, 0.3) is 0 Å². The Kier molecular flexibility index (Phi) is 23.3. The molecule has 0 amide bonds. The number of rotatable bonds is 32. The molecular formula is C42H86O8. The van der Waals surface area contributed by atoms with Gasteiger partial charge < -0.3 is 38.3 Å². The normalized spacial score (nSPS) is 18.7. The molecule has 8 heteroatoms. The first-order chi connectivity index (χ1) is 23.1. The second kappa shape index (κ2) is 23.5. The Labute approximate surface area is 310 Å². The summed E-state index contributed by atoms with van der Waals surface area (Å²) in [6, 6.07) is 0. The first-order valence-corrected chi connectivity index (χ1v) is 20.0. The fourth-order valence-electron chi connectivity index (χ4n) is 7.87. The fraction of sp³-hybridized carbons (Fsp3) is 1.00. The van der Waals surface area contributed by atoms with Crippen LogP contribution in [-0.2, 0) is 33.2 Å². The van der Waals surface area contributed by atoms with Crippen LogP contribution in [0.2, 0.25) is 0 Å². The quantitative estimate of drug-likeness (QED) is 0.0736. The minimum atomic E-state index is -0.775. The maximum Gasteiger partial charge on any atom is 0.0670 e. The molecule has 302 valence electrons. The van der Waals surface area contributed by atoms with Crippen LogP contribution >= 0.6 is 0 Å². The maximum atomic E-state index is 10.4. The van der Waals surface area contributed by atoms with Crippen molar-refractivity contribution in [2.24, 2.45) is 5.41 Å². The number of hydrogen-bond acceptors (Lipinski definition) is 8. The molecule has 0 saturated carbocycles. The molecule has 0 aromatic rings. The summed E-state index contributed by atoms with van der Waals surface area (Å²) in [6.45, 7) is 30.4. The van der Waals surface area contributed by atoms with Gasteiger partial charge >= 0.3 is 0 Å². The van der Waals surface area contributed by atoms with Crippen molar-refractivity contribution >= 4 is 0 Å².